The predicted molar refractivity (Wildman–Crippen MR) is 100 cm³/mol. The van der Waals surface area contributed by atoms with Crippen LogP contribution in [-0.2, 0) is 4.79 Å². The standard InChI is InChI=1S/C20H21ClN2O3/c1-13(2)20(19(25)26)8-10-23(12-20)18(24)15-11-14(6-7-16(15)21)17-5-3-4-9-22-17/h3-7,9,11,13H,8,10,12H2,1-2H3,(H,25,26). The Labute approximate surface area is 157 Å². The molecular weight excluding hydrogens is 352 g/mol. The topological polar surface area (TPSA) is 70.5 Å². The van der Waals surface area contributed by atoms with Gasteiger partial charge in [-0.05, 0) is 36.6 Å². The number of amides is 1. The average Bonchev–Trinajstić information content (AvgIpc) is 3.09. The lowest BCUT2D eigenvalue weighted by Crippen LogP contribution is -2.40. The molecule has 2 heterocycles. The molecule has 5 nitrogen and oxygen atoms in total. The number of carbonyl (C=O) groups is 2. The SMILES string of the molecule is CC(C)C1(C(=O)O)CCN(C(=O)c2cc(-c3ccccn3)ccc2Cl)C1. The summed E-state index contributed by atoms with van der Waals surface area (Å²) in [5, 5.41) is 10.0. The minimum Gasteiger partial charge on any atom is -0.481 e. The number of benzene rings is 1. The first-order valence-corrected chi connectivity index (χ1v) is 8.96. The van der Waals surface area contributed by atoms with Gasteiger partial charge in [0.25, 0.3) is 5.91 Å². The number of hydrogen-bond donors (Lipinski definition) is 1. The van der Waals surface area contributed by atoms with Gasteiger partial charge < -0.3 is 10.0 Å². The fourth-order valence-corrected chi connectivity index (χ4v) is 3.65. The molecule has 1 N–H and O–H groups in total. The summed E-state index contributed by atoms with van der Waals surface area (Å²) in [6.07, 6.45) is 2.14. The highest BCUT2D eigenvalue weighted by Crippen LogP contribution is 2.39. The summed E-state index contributed by atoms with van der Waals surface area (Å²) in [5.41, 5.74) is 1.02. The van der Waals surface area contributed by atoms with Gasteiger partial charge in [0, 0.05) is 24.8 Å². The fraction of sp³-hybridized carbons (Fsp3) is 0.350. The van der Waals surface area contributed by atoms with Crippen LogP contribution in [0.3, 0.4) is 0 Å². The number of rotatable bonds is 4. The summed E-state index contributed by atoms with van der Waals surface area (Å²) in [6, 6.07) is 10.8. The van der Waals surface area contributed by atoms with Crippen LogP contribution >= 0.6 is 11.6 Å². The summed E-state index contributed by atoms with van der Waals surface area (Å²) in [5.74, 6) is -1.15. The molecular formula is C20H21ClN2O3. The van der Waals surface area contributed by atoms with Gasteiger partial charge in [-0.25, -0.2) is 0 Å². The Hall–Kier alpha value is -2.40. The molecule has 1 atom stereocenters. The Balaban J connectivity index is 1.90. The fourth-order valence-electron chi connectivity index (χ4n) is 3.45. The summed E-state index contributed by atoms with van der Waals surface area (Å²) in [6.45, 7) is 4.38. The molecule has 2 aromatic rings. The van der Waals surface area contributed by atoms with E-state index in [4.69, 9.17) is 11.6 Å². The summed E-state index contributed by atoms with van der Waals surface area (Å²) in [4.78, 5) is 30.7. The van der Waals surface area contributed by atoms with Gasteiger partial charge in [0.15, 0.2) is 0 Å². The van der Waals surface area contributed by atoms with Crippen LogP contribution in [0.15, 0.2) is 42.6 Å². The zero-order chi connectivity index (χ0) is 18.9. The van der Waals surface area contributed by atoms with E-state index in [0.717, 1.165) is 11.3 Å². The number of aromatic nitrogens is 1. The summed E-state index contributed by atoms with van der Waals surface area (Å²) < 4.78 is 0. The van der Waals surface area contributed by atoms with Crippen LogP contribution in [0.4, 0.5) is 0 Å². The maximum atomic E-state index is 13.0. The number of carboxylic acid groups (broad SMARTS) is 1. The highest BCUT2D eigenvalue weighted by molar-refractivity contribution is 6.34. The van der Waals surface area contributed by atoms with E-state index in [9.17, 15) is 14.7 Å². The van der Waals surface area contributed by atoms with Crippen molar-refractivity contribution in [3.05, 3.63) is 53.2 Å². The van der Waals surface area contributed by atoms with Crippen LogP contribution in [-0.4, -0.2) is 40.0 Å². The van der Waals surface area contributed by atoms with E-state index >= 15 is 0 Å². The third kappa shape index (κ3) is 3.19. The molecule has 1 amide bonds. The van der Waals surface area contributed by atoms with E-state index in [1.165, 1.54) is 0 Å². The van der Waals surface area contributed by atoms with Gasteiger partial charge in [-0.2, -0.15) is 0 Å². The lowest BCUT2D eigenvalue weighted by atomic mass is 9.76. The summed E-state index contributed by atoms with van der Waals surface area (Å²) >= 11 is 6.27. The molecule has 26 heavy (non-hydrogen) atoms. The molecule has 1 aliphatic heterocycles. The van der Waals surface area contributed by atoms with Crippen molar-refractivity contribution in [1.82, 2.24) is 9.88 Å². The van der Waals surface area contributed by atoms with Gasteiger partial charge in [0.1, 0.15) is 0 Å². The van der Waals surface area contributed by atoms with Crippen molar-refractivity contribution in [1.29, 1.82) is 0 Å². The van der Waals surface area contributed by atoms with Crippen LogP contribution < -0.4 is 0 Å². The van der Waals surface area contributed by atoms with Gasteiger partial charge in [-0.1, -0.05) is 37.6 Å². The smallest absolute Gasteiger partial charge is 0.311 e. The maximum Gasteiger partial charge on any atom is 0.311 e. The molecule has 0 aliphatic carbocycles. The minimum absolute atomic E-state index is 0.0619. The Morgan fingerprint density at radius 1 is 1.27 bits per heavy atom. The molecule has 1 aliphatic rings. The highest BCUT2D eigenvalue weighted by atomic mass is 35.5. The molecule has 1 saturated heterocycles. The molecule has 0 radical (unpaired) electrons. The van der Waals surface area contributed by atoms with E-state index in [-0.39, 0.29) is 18.4 Å². The third-order valence-electron chi connectivity index (χ3n) is 5.28. The molecule has 136 valence electrons. The van der Waals surface area contributed by atoms with Gasteiger partial charge >= 0.3 is 5.97 Å². The van der Waals surface area contributed by atoms with Crippen molar-refractivity contribution in [2.45, 2.75) is 20.3 Å². The second-order valence-corrected chi connectivity index (χ2v) is 7.41. The van der Waals surface area contributed by atoms with Crippen LogP contribution in [0.25, 0.3) is 11.3 Å². The van der Waals surface area contributed by atoms with E-state index in [2.05, 4.69) is 4.98 Å². The Bertz CT molecular complexity index is 838. The van der Waals surface area contributed by atoms with Crippen LogP contribution in [0.5, 0.6) is 0 Å². The van der Waals surface area contributed by atoms with Crippen LogP contribution in [0, 0.1) is 11.3 Å². The number of likely N-dealkylation sites (tertiary alicyclic amines) is 1. The first kappa shape index (κ1) is 18.4. The van der Waals surface area contributed by atoms with Crippen molar-refractivity contribution >= 4 is 23.5 Å². The first-order chi connectivity index (χ1) is 12.3. The number of nitrogens with zero attached hydrogens (tertiary/aromatic N) is 2. The average molecular weight is 373 g/mol. The second-order valence-electron chi connectivity index (χ2n) is 7.00. The van der Waals surface area contributed by atoms with E-state index in [0.29, 0.717) is 23.6 Å². The number of hydrogen-bond acceptors (Lipinski definition) is 3. The number of pyridine rings is 1. The van der Waals surface area contributed by atoms with Crippen LogP contribution in [0.2, 0.25) is 5.02 Å². The Morgan fingerprint density at radius 3 is 2.62 bits per heavy atom. The molecule has 1 fully saturated rings. The molecule has 0 spiro atoms. The number of carbonyl (C=O) groups excluding carboxylic acids is 1. The largest absolute Gasteiger partial charge is 0.481 e. The zero-order valence-electron chi connectivity index (χ0n) is 14.8. The minimum atomic E-state index is -0.902. The van der Waals surface area contributed by atoms with E-state index in [1.807, 2.05) is 38.1 Å². The van der Waals surface area contributed by atoms with Gasteiger partial charge in [0.2, 0.25) is 0 Å². The molecule has 1 aromatic heterocycles. The molecule has 0 saturated carbocycles. The first-order valence-electron chi connectivity index (χ1n) is 8.59. The number of aliphatic carboxylic acids is 1. The number of halogens is 1. The Kier molecular flexibility index (Phi) is 5.01. The highest BCUT2D eigenvalue weighted by Gasteiger charge is 2.48. The van der Waals surface area contributed by atoms with Crippen molar-refractivity contribution in [3.63, 3.8) is 0 Å². The zero-order valence-corrected chi connectivity index (χ0v) is 15.5. The monoisotopic (exact) mass is 372 g/mol. The summed E-state index contributed by atoms with van der Waals surface area (Å²) in [7, 11) is 0. The van der Waals surface area contributed by atoms with Gasteiger partial charge in [-0.3, -0.25) is 14.6 Å². The Morgan fingerprint density at radius 2 is 2.04 bits per heavy atom. The van der Waals surface area contributed by atoms with Gasteiger partial charge in [0.05, 0.1) is 21.7 Å². The molecule has 0 bridgehead atoms. The molecule has 1 aromatic carbocycles. The number of carboxylic acids is 1. The quantitative estimate of drug-likeness (QED) is 0.881. The lowest BCUT2D eigenvalue weighted by Gasteiger charge is -2.28. The second kappa shape index (κ2) is 7.08. The van der Waals surface area contributed by atoms with Crippen molar-refractivity contribution < 1.29 is 14.7 Å². The van der Waals surface area contributed by atoms with Crippen molar-refractivity contribution in [2.24, 2.45) is 11.3 Å². The van der Waals surface area contributed by atoms with E-state index in [1.54, 1.807) is 23.2 Å². The normalized spacial score (nSPS) is 19.8. The van der Waals surface area contributed by atoms with Crippen molar-refractivity contribution in [2.75, 3.05) is 13.1 Å². The molecule has 3 rings (SSSR count). The predicted octanol–water partition coefficient (Wildman–Crippen LogP) is 3.97. The maximum absolute atomic E-state index is 13.0. The van der Waals surface area contributed by atoms with E-state index < -0.39 is 11.4 Å². The van der Waals surface area contributed by atoms with Crippen LogP contribution in [0.1, 0.15) is 30.6 Å². The van der Waals surface area contributed by atoms with Crippen molar-refractivity contribution in [3.8, 4) is 11.3 Å². The third-order valence-corrected chi connectivity index (χ3v) is 5.61. The molecule has 1 unspecified atom stereocenters. The molecule has 6 heteroatoms. The van der Waals surface area contributed by atoms with Gasteiger partial charge in [-0.15, -0.1) is 0 Å². The lowest BCUT2D eigenvalue weighted by molar-refractivity contribution is -0.150.